The fourth-order valence-electron chi connectivity index (χ4n) is 0.515. The summed E-state index contributed by atoms with van der Waals surface area (Å²) in [4.78, 5) is 0. The molecule has 1 aliphatic rings. The van der Waals surface area contributed by atoms with Gasteiger partial charge >= 0.3 is 21.1 Å². The molecule has 1 aliphatic carbocycles. The van der Waals surface area contributed by atoms with E-state index in [-0.39, 0.29) is 21.1 Å². The third-order valence-electron chi connectivity index (χ3n) is 1.10. The van der Waals surface area contributed by atoms with Gasteiger partial charge in [0.1, 0.15) is 0 Å². The molecular formula is C10H14Pt. The van der Waals surface area contributed by atoms with Gasteiger partial charge in [0.15, 0.2) is 0 Å². The Morgan fingerprint density at radius 3 is 2.36 bits per heavy atom. The average Bonchev–Trinajstić information content (AvgIpc) is 2.40. The van der Waals surface area contributed by atoms with Crippen LogP contribution in [0.2, 0.25) is 0 Å². The van der Waals surface area contributed by atoms with Gasteiger partial charge in [-0.15, -0.1) is 13.3 Å². The zero-order valence-electron chi connectivity index (χ0n) is 7.04. The first-order chi connectivity index (χ1) is 4.81. The van der Waals surface area contributed by atoms with Gasteiger partial charge < -0.3 is 0 Å². The molecule has 1 rings (SSSR count). The largest absolute Gasteiger partial charge is 2.00 e. The molecule has 0 saturated heterocycles. The zero-order valence-corrected chi connectivity index (χ0v) is 9.31. The summed E-state index contributed by atoms with van der Waals surface area (Å²) in [6, 6.07) is 0. The molecule has 0 aromatic rings. The van der Waals surface area contributed by atoms with Gasteiger partial charge in [0, 0.05) is 0 Å². The van der Waals surface area contributed by atoms with E-state index in [4.69, 9.17) is 0 Å². The normalized spacial score (nSPS) is 12.0. The smallest absolute Gasteiger partial charge is 0.270 e. The van der Waals surface area contributed by atoms with E-state index in [1.807, 2.05) is 13.3 Å². The molecule has 0 radical (unpaired) electrons. The Kier molecular flexibility index (Phi) is 11.9. The van der Waals surface area contributed by atoms with Crippen molar-refractivity contribution in [3.05, 3.63) is 42.9 Å². The molecule has 0 fully saturated rings. The number of hydrogen-bond acceptors (Lipinski definition) is 0. The van der Waals surface area contributed by atoms with Crippen molar-refractivity contribution >= 4 is 0 Å². The van der Waals surface area contributed by atoms with Gasteiger partial charge in [-0.2, -0.15) is 6.08 Å². The van der Waals surface area contributed by atoms with Crippen LogP contribution in [0.5, 0.6) is 0 Å². The monoisotopic (exact) mass is 329 g/mol. The SMILES string of the molecule is C=C[CH-]C.CC1=[C-]CC=C1.[Pt+2]. The number of allylic oxidation sites excluding steroid dienone is 5. The molecule has 0 atom stereocenters. The van der Waals surface area contributed by atoms with Crippen molar-refractivity contribution in [1.82, 2.24) is 0 Å². The van der Waals surface area contributed by atoms with Gasteiger partial charge in [0.2, 0.25) is 0 Å². The van der Waals surface area contributed by atoms with Gasteiger partial charge in [-0.1, -0.05) is 6.92 Å². The zero-order chi connectivity index (χ0) is 7.82. The molecule has 64 valence electrons. The minimum atomic E-state index is 0. The second-order valence-corrected chi connectivity index (χ2v) is 2.04. The van der Waals surface area contributed by atoms with E-state index in [9.17, 15) is 0 Å². The fourth-order valence-corrected chi connectivity index (χ4v) is 0.515. The average molecular weight is 329 g/mol. The third kappa shape index (κ3) is 9.78. The summed E-state index contributed by atoms with van der Waals surface area (Å²) in [7, 11) is 0. The maximum atomic E-state index is 3.42. The van der Waals surface area contributed by atoms with Crippen molar-refractivity contribution in [2.24, 2.45) is 0 Å². The van der Waals surface area contributed by atoms with E-state index in [2.05, 4.69) is 31.7 Å². The predicted molar refractivity (Wildman–Crippen MR) is 46.4 cm³/mol. The Morgan fingerprint density at radius 1 is 1.73 bits per heavy atom. The summed E-state index contributed by atoms with van der Waals surface area (Å²) in [6.45, 7) is 7.42. The maximum absolute atomic E-state index is 3.42. The summed E-state index contributed by atoms with van der Waals surface area (Å²) >= 11 is 0. The van der Waals surface area contributed by atoms with Crippen molar-refractivity contribution in [2.45, 2.75) is 20.3 Å². The van der Waals surface area contributed by atoms with Crippen LogP contribution in [0.4, 0.5) is 0 Å². The van der Waals surface area contributed by atoms with E-state index >= 15 is 0 Å². The van der Waals surface area contributed by atoms with E-state index < -0.39 is 0 Å². The van der Waals surface area contributed by atoms with E-state index in [0.29, 0.717) is 0 Å². The number of hydrogen-bond donors (Lipinski definition) is 0. The molecule has 0 saturated carbocycles. The summed E-state index contributed by atoms with van der Waals surface area (Å²) in [5.74, 6) is 0. The molecule has 0 nitrogen and oxygen atoms in total. The first kappa shape index (κ1) is 13.4. The number of rotatable bonds is 1. The van der Waals surface area contributed by atoms with Gasteiger partial charge in [0.05, 0.1) is 0 Å². The Morgan fingerprint density at radius 2 is 2.27 bits per heavy atom. The van der Waals surface area contributed by atoms with Crippen LogP contribution in [-0.4, -0.2) is 0 Å². The quantitative estimate of drug-likeness (QED) is 0.649. The van der Waals surface area contributed by atoms with Crippen molar-refractivity contribution in [2.75, 3.05) is 0 Å². The first-order valence-electron chi connectivity index (χ1n) is 3.45. The molecule has 0 amide bonds. The molecule has 0 bridgehead atoms. The summed E-state index contributed by atoms with van der Waals surface area (Å²) in [5.41, 5.74) is 1.27. The molecule has 11 heavy (non-hydrogen) atoms. The van der Waals surface area contributed by atoms with E-state index in [1.165, 1.54) is 5.57 Å². The first-order valence-corrected chi connectivity index (χ1v) is 3.45. The Bertz CT molecular complexity index is 140. The Hall–Kier alpha value is -0.222. The minimum Gasteiger partial charge on any atom is -0.270 e. The molecule has 0 aliphatic heterocycles. The summed E-state index contributed by atoms with van der Waals surface area (Å²) < 4.78 is 0. The van der Waals surface area contributed by atoms with Crippen molar-refractivity contribution in [3.63, 3.8) is 0 Å². The third-order valence-corrected chi connectivity index (χ3v) is 1.10. The van der Waals surface area contributed by atoms with Gasteiger partial charge in [-0.25, -0.2) is 30.7 Å². The molecule has 1 heteroatoms. The van der Waals surface area contributed by atoms with Crippen LogP contribution < -0.4 is 0 Å². The maximum Gasteiger partial charge on any atom is 2.00 e. The molecule has 0 spiro atoms. The van der Waals surface area contributed by atoms with Crippen LogP contribution in [-0.2, 0) is 21.1 Å². The Balaban J connectivity index is 0. The van der Waals surface area contributed by atoms with Crippen LogP contribution in [0.15, 0.2) is 30.4 Å². The van der Waals surface area contributed by atoms with Crippen molar-refractivity contribution in [1.29, 1.82) is 0 Å². The fraction of sp³-hybridized carbons (Fsp3) is 0.300. The molecule has 0 heterocycles. The molecule has 0 aromatic carbocycles. The van der Waals surface area contributed by atoms with Gasteiger partial charge in [-0.05, 0) is 0 Å². The molecule has 0 N–H and O–H groups in total. The second-order valence-electron chi connectivity index (χ2n) is 2.04. The minimum absolute atomic E-state index is 0. The van der Waals surface area contributed by atoms with Gasteiger partial charge in [-0.3, -0.25) is 6.08 Å². The molecule has 0 aromatic heterocycles. The Labute approximate surface area is 84.3 Å². The van der Waals surface area contributed by atoms with E-state index in [1.54, 1.807) is 6.08 Å². The standard InChI is InChI=1S/C6H7.C4H7.Pt/c1-6-4-2-3-5-6;1-3-4-2;/h2,4H,3H2,1H3;3-4H,1H2,2H3;/q2*-1;+2. The van der Waals surface area contributed by atoms with Crippen LogP contribution in [0.1, 0.15) is 20.3 Å². The van der Waals surface area contributed by atoms with Crippen LogP contribution >= 0.6 is 0 Å². The van der Waals surface area contributed by atoms with Crippen LogP contribution in [0.25, 0.3) is 0 Å². The molecule has 0 unspecified atom stereocenters. The predicted octanol–water partition coefficient (Wildman–Crippen LogP) is 3.09. The van der Waals surface area contributed by atoms with Crippen LogP contribution in [0, 0.1) is 12.5 Å². The van der Waals surface area contributed by atoms with E-state index in [0.717, 1.165) is 6.42 Å². The van der Waals surface area contributed by atoms with Crippen molar-refractivity contribution in [3.8, 4) is 0 Å². The molecular weight excluding hydrogens is 315 g/mol. The van der Waals surface area contributed by atoms with Crippen LogP contribution in [0.3, 0.4) is 0 Å². The van der Waals surface area contributed by atoms with Gasteiger partial charge in [0.25, 0.3) is 0 Å². The van der Waals surface area contributed by atoms with Crippen molar-refractivity contribution < 1.29 is 21.1 Å². The summed E-state index contributed by atoms with van der Waals surface area (Å²) in [5, 5.41) is 0. The second kappa shape index (κ2) is 9.78. The topological polar surface area (TPSA) is 0 Å². The summed E-state index contributed by atoms with van der Waals surface area (Å²) in [6.07, 6.45) is 12.0.